The number of unbranched alkanes of at least 4 members (excludes halogenated alkanes) is 39. The first kappa shape index (κ1) is 76.2. The molecule has 0 aliphatic carbocycles. The predicted molar refractivity (Wildman–Crippen MR) is 298 cm³/mol. The van der Waals surface area contributed by atoms with Crippen LogP contribution in [0.15, 0.2) is 0 Å². The molecule has 0 radical (unpaired) electrons. The largest absolute Gasteiger partial charge is 0.481 e. The lowest BCUT2D eigenvalue weighted by Crippen LogP contribution is -2.27. The topological polar surface area (TPSA) is 282 Å². The summed E-state index contributed by atoms with van der Waals surface area (Å²) in [7, 11) is 0. The number of nitrogens with two attached hydrogens (primary N) is 1. The van der Waals surface area contributed by atoms with E-state index in [1.165, 1.54) is 180 Å². The molecule has 0 aliphatic heterocycles. The SMILES string of the molecule is NCCO.O.O=C(O)CCCCCCCCCCCCCCCCC(=O)NCCOC(=O)CCCCCCCCCCCCCCCCC(=O)O.O=C(O)CCCCCCCCCCCCCCCCC(=O)O.[2HH]. The molecule has 0 aromatic carbocycles. The van der Waals surface area contributed by atoms with Gasteiger partial charge in [0.25, 0.3) is 0 Å². The Morgan fingerprint density at radius 2 is 0.507 bits per heavy atom. The molecule has 436 valence electrons. The number of ether oxygens (including phenoxy) is 1. The molecule has 0 aromatic heterocycles. The van der Waals surface area contributed by atoms with E-state index in [4.69, 9.17) is 36.0 Å². The minimum Gasteiger partial charge on any atom is -0.481 e. The van der Waals surface area contributed by atoms with Crippen molar-refractivity contribution < 1.29 is 65.9 Å². The molecule has 0 atom stereocenters. The summed E-state index contributed by atoms with van der Waals surface area (Å²) in [4.78, 5) is 65.6. The Hall–Kier alpha value is -3.30. The number of carboxylic acid groups (broad SMARTS) is 4. The zero-order chi connectivity index (χ0) is 53.6. The molecule has 0 fully saturated rings. The van der Waals surface area contributed by atoms with Gasteiger partial charge in [0.15, 0.2) is 0 Å². The van der Waals surface area contributed by atoms with Crippen LogP contribution in [0.1, 0.15) is 310 Å². The molecule has 15 nitrogen and oxygen atoms in total. The highest BCUT2D eigenvalue weighted by atomic mass is 16.5. The van der Waals surface area contributed by atoms with Crippen LogP contribution in [0, 0.1) is 0 Å². The van der Waals surface area contributed by atoms with Crippen molar-refractivity contribution in [3.63, 3.8) is 0 Å². The van der Waals surface area contributed by atoms with Crippen LogP contribution in [0.4, 0.5) is 0 Å². The summed E-state index contributed by atoms with van der Waals surface area (Å²) in [6.45, 7) is 1.12. The number of esters is 1. The van der Waals surface area contributed by atoms with Crippen LogP contribution >= 0.6 is 0 Å². The zero-order valence-corrected chi connectivity index (χ0v) is 46.4. The second-order valence-corrected chi connectivity index (χ2v) is 20.0. The minimum atomic E-state index is -0.685. The first-order valence-corrected chi connectivity index (χ1v) is 29.6. The van der Waals surface area contributed by atoms with Gasteiger partial charge in [0, 0.05) is 46.5 Å². The summed E-state index contributed by atoms with van der Waals surface area (Å²) in [5.74, 6) is -2.85. The van der Waals surface area contributed by atoms with Crippen molar-refractivity contribution in [2.75, 3.05) is 26.3 Å². The lowest BCUT2D eigenvalue weighted by atomic mass is 10.0. The summed E-state index contributed by atoms with van der Waals surface area (Å²) >= 11 is 0. The van der Waals surface area contributed by atoms with Crippen molar-refractivity contribution in [3.05, 3.63) is 0 Å². The van der Waals surface area contributed by atoms with Gasteiger partial charge in [0.2, 0.25) is 5.91 Å². The average molecular weight is 1050 g/mol. The Bertz CT molecular complexity index is 1120. The van der Waals surface area contributed by atoms with Crippen LogP contribution < -0.4 is 11.1 Å². The molecule has 0 heterocycles. The summed E-state index contributed by atoms with van der Waals surface area (Å²) in [6, 6.07) is 0. The van der Waals surface area contributed by atoms with Gasteiger partial charge < -0.3 is 46.8 Å². The van der Waals surface area contributed by atoms with Gasteiger partial charge in [-0.25, -0.2) is 0 Å². The van der Waals surface area contributed by atoms with E-state index in [9.17, 15) is 28.8 Å². The van der Waals surface area contributed by atoms with Gasteiger partial charge in [-0.15, -0.1) is 0 Å². The quantitative estimate of drug-likeness (QED) is 0.0221. The van der Waals surface area contributed by atoms with E-state index in [0.717, 1.165) is 89.9 Å². The molecule has 73 heavy (non-hydrogen) atoms. The van der Waals surface area contributed by atoms with Gasteiger partial charge in [-0.3, -0.25) is 28.8 Å². The lowest BCUT2D eigenvalue weighted by molar-refractivity contribution is -0.144. The second kappa shape index (κ2) is 66.7. The van der Waals surface area contributed by atoms with E-state index in [1.54, 1.807) is 0 Å². The molecular weight excluding hydrogens is 933 g/mol. The number of carbonyl (C=O) groups excluding carboxylic acids is 2. The molecule has 0 saturated carbocycles. The van der Waals surface area contributed by atoms with Gasteiger partial charge in [0.05, 0.1) is 13.2 Å². The molecule has 0 saturated heterocycles. The van der Waals surface area contributed by atoms with Crippen molar-refractivity contribution >= 4 is 35.8 Å². The summed E-state index contributed by atoms with van der Waals surface area (Å²) in [5, 5.41) is 44.9. The van der Waals surface area contributed by atoms with Crippen molar-refractivity contribution in [3.8, 4) is 0 Å². The third-order valence-corrected chi connectivity index (χ3v) is 12.9. The fourth-order valence-corrected chi connectivity index (χ4v) is 8.54. The summed E-state index contributed by atoms with van der Waals surface area (Å²) in [5.41, 5.74) is 4.78. The van der Waals surface area contributed by atoms with E-state index < -0.39 is 23.9 Å². The van der Waals surface area contributed by atoms with Crippen LogP contribution in [0.2, 0.25) is 0 Å². The smallest absolute Gasteiger partial charge is 0.305 e. The zero-order valence-electron chi connectivity index (χ0n) is 46.4. The van der Waals surface area contributed by atoms with Gasteiger partial charge in [-0.05, 0) is 38.5 Å². The van der Waals surface area contributed by atoms with Crippen LogP contribution in [-0.2, 0) is 33.5 Å². The Balaban J connectivity index is -0.000000472. The lowest BCUT2D eigenvalue weighted by Gasteiger charge is -2.07. The maximum atomic E-state index is 12.0. The molecule has 15 heteroatoms. The van der Waals surface area contributed by atoms with E-state index in [2.05, 4.69) is 5.32 Å². The van der Waals surface area contributed by atoms with Crippen molar-refractivity contribution in [1.29, 1.82) is 0 Å². The van der Waals surface area contributed by atoms with E-state index in [1.807, 2.05) is 0 Å². The number of carbonyl (C=O) groups is 6. The summed E-state index contributed by atoms with van der Waals surface area (Å²) in [6.07, 6.45) is 51.2. The Kier molecular flexibility index (Phi) is 69.6. The number of hydrogen-bond donors (Lipinski definition) is 7. The van der Waals surface area contributed by atoms with Crippen molar-refractivity contribution in [2.45, 2.75) is 308 Å². The molecule has 0 bridgehead atoms. The molecular formula is C58H116N2O13. The highest BCUT2D eigenvalue weighted by Gasteiger charge is 2.06. The van der Waals surface area contributed by atoms with Crippen LogP contribution in [0.3, 0.4) is 0 Å². The standard InChI is InChI=1S/C38H71NO7.C18H34O4.C2H7NO.H2O.H2/c40-35(29-25-21-17-13-9-5-1-2-6-10-14-18-22-26-30-36(41)42)39-33-34-46-38(45)32-28-24-20-16-12-8-4-3-7-11-15-19-23-27-31-37(43)44;19-17(20)15-13-11-9-7-5-3-1-2-4-6-8-10-12-14-16-18(21)22;3-1-2-4;;/h1-34H2,(H,39,40)(H,41,42)(H,43,44);1-16H2,(H,19,20)(H,21,22);4H,1-3H2;1H2;1H/i;;;;1+1. The molecule has 0 aromatic rings. The minimum absolute atomic E-state index is 0. The number of aliphatic hydroxyl groups excluding tert-OH is 1. The first-order valence-electron chi connectivity index (χ1n) is 29.6. The maximum absolute atomic E-state index is 12.0. The fourth-order valence-electron chi connectivity index (χ4n) is 8.54. The normalized spacial score (nSPS) is 10.6. The van der Waals surface area contributed by atoms with E-state index in [-0.39, 0.29) is 32.0 Å². The fraction of sp³-hybridized carbons (Fsp3) is 0.897. The Labute approximate surface area is 445 Å². The van der Waals surface area contributed by atoms with E-state index in [0.29, 0.717) is 51.6 Å². The first-order chi connectivity index (χ1) is 35.0. The third kappa shape index (κ3) is 80.3. The molecule has 0 aliphatic rings. The third-order valence-electron chi connectivity index (χ3n) is 12.9. The monoisotopic (exact) mass is 1050 g/mol. The Morgan fingerprint density at radius 3 is 0.699 bits per heavy atom. The Morgan fingerprint density at radius 1 is 0.329 bits per heavy atom. The van der Waals surface area contributed by atoms with Gasteiger partial charge in [-0.1, -0.05) is 231 Å². The number of hydrogen-bond acceptors (Lipinski definition) is 9. The van der Waals surface area contributed by atoms with Crippen molar-refractivity contribution in [2.24, 2.45) is 5.73 Å². The summed E-state index contributed by atoms with van der Waals surface area (Å²) < 4.78 is 5.26. The number of nitrogens with one attached hydrogen (secondary N) is 1. The van der Waals surface area contributed by atoms with Crippen molar-refractivity contribution in [1.82, 2.24) is 5.32 Å². The molecule has 0 unspecified atom stereocenters. The molecule has 0 spiro atoms. The van der Waals surface area contributed by atoms with Gasteiger partial charge in [0.1, 0.15) is 6.61 Å². The number of carboxylic acids is 4. The van der Waals surface area contributed by atoms with Gasteiger partial charge in [-0.2, -0.15) is 0 Å². The molecule has 10 N–H and O–H groups in total. The number of rotatable bonds is 55. The number of amides is 1. The maximum Gasteiger partial charge on any atom is 0.305 e. The van der Waals surface area contributed by atoms with E-state index >= 15 is 0 Å². The van der Waals surface area contributed by atoms with Crippen LogP contribution in [0.5, 0.6) is 0 Å². The number of aliphatic hydroxyl groups is 1. The highest BCUT2D eigenvalue weighted by molar-refractivity contribution is 5.75. The average Bonchev–Trinajstić information content (AvgIpc) is 3.34. The van der Waals surface area contributed by atoms with Crippen LogP contribution in [0.25, 0.3) is 0 Å². The molecule has 1 amide bonds. The second-order valence-electron chi connectivity index (χ2n) is 20.0. The highest BCUT2D eigenvalue weighted by Crippen LogP contribution is 2.17. The number of aliphatic carboxylic acids is 4. The predicted octanol–water partition coefficient (Wildman–Crippen LogP) is 14.1. The molecule has 0 rings (SSSR count). The van der Waals surface area contributed by atoms with Crippen LogP contribution in [-0.4, -0.2) is 93.1 Å². The van der Waals surface area contributed by atoms with Gasteiger partial charge >= 0.3 is 29.8 Å².